The van der Waals surface area contributed by atoms with E-state index in [0.717, 1.165) is 31.3 Å². The molecule has 0 unspecified atom stereocenters. The Morgan fingerprint density at radius 1 is 1.27 bits per heavy atom. The Kier molecular flexibility index (Phi) is 2.44. The standard InChI is InChI=1S/C11H17N3O/c1-2-4-9(3-1)7-10-12-13-11-8-15-6-5-14(10)11/h9H,1-8H2. The first kappa shape index (κ1) is 9.33. The summed E-state index contributed by atoms with van der Waals surface area (Å²) in [5.74, 6) is 3.04. The Morgan fingerprint density at radius 2 is 2.13 bits per heavy atom. The normalized spacial score (nSPS) is 21.9. The van der Waals surface area contributed by atoms with Gasteiger partial charge in [-0.25, -0.2) is 0 Å². The van der Waals surface area contributed by atoms with Crippen molar-refractivity contribution in [3.8, 4) is 0 Å². The maximum absolute atomic E-state index is 5.36. The molecule has 0 bridgehead atoms. The van der Waals surface area contributed by atoms with Crippen LogP contribution in [0.1, 0.15) is 37.3 Å². The van der Waals surface area contributed by atoms with Gasteiger partial charge in [-0.2, -0.15) is 0 Å². The zero-order valence-electron chi connectivity index (χ0n) is 8.98. The summed E-state index contributed by atoms with van der Waals surface area (Å²) in [7, 11) is 0. The molecule has 1 aliphatic carbocycles. The Balaban J connectivity index is 1.76. The largest absolute Gasteiger partial charge is 0.372 e. The van der Waals surface area contributed by atoms with E-state index in [1.165, 1.54) is 31.5 Å². The predicted molar refractivity (Wildman–Crippen MR) is 55.3 cm³/mol. The maximum Gasteiger partial charge on any atom is 0.159 e. The summed E-state index contributed by atoms with van der Waals surface area (Å²) < 4.78 is 7.61. The van der Waals surface area contributed by atoms with Gasteiger partial charge in [0.1, 0.15) is 12.4 Å². The van der Waals surface area contributed by atoms with Crippen molar-refractivity contribution in [1.82, 2.24) is 14.8 Å². The van der Waals surface area contributed by atoms with Gasteiger partial charge < -0.3 is 9.30 Å². The average Bonchev–Trinajstić information content (AvgIpc) is 2.89. The molecule has 2 heterocycles. The fraction of sp³-hybridized carbons (Fsp3) is 0.818. The van der Waals surface area contributed by atoms with E-state index in [1.807, 2.05) is 0 Å². The van der Waals surface area contributed by atoms with Gasteiger partial charge in [0.2, 0.25) is 0 Å². The van der Waals surface area contributed by atoms with Gasteiger partial charge in [-0.1, -0.05) is 25.7 Å². The smallest absolute Gasteiger partial charge is 0.159 e. The van der Waals surface area contributed by atoms with Gasteiger partial charge in [-0.05, 0) is 5.92 Å². The van der Waals surface area contributed by atoms with Crippen molar-refractivity contribution in [2.45, 2.75) is 45.3 Å². The SMILES string of the molecule is C1CCC(Cc2nnc3n2CCOC3)C1. The zero-order valence-corrected chi connectivity index (χ0v) is 8.98. The van der Waals surface area contributed by atoms with Crippen molar-refractivity contribution < 1.29 is 4.74 Å². The Hall–Kier alpha value is -0.900. The van der Waals surface area contributed by atoms with Gasteiger partial charge in [0.15, 0.2) is 5.82 Å². The lowest BCUT2D eigenvalue weighted by molar-refractivity contribution is 0.0804. The molecule has 0 saturated heterocycles. The molecule has 0 N–H and O–H groups in total. The molecule has 0 atom stereocenters. The number of hydrogen-bond acceptors (Lipinski definition) is 3. The highest BCUT2D eigenvalue weighted by Gasteiger charge is 2.21. The van der Waals surface area contributed by atoms with Crippen LogP contribution in [0.3, 0.4) is 0 Å². The van der Waals surface area contributed by atoms with Crippen LogP contribution >= 0.6 is 0 Å². The molecule has 0 spiro atoms. The molecule has 4 heteroatoms. The van der Waals surface area contributed by atoms with Gasteiger partial charge in [0.05, 0.1) is 6.61 Å². The first-order valence-electron chi connectivity index (χ1n) is 5.92. The number of nitrogens with zero attached hydrogens (tertiary/aromatic N) is 3. The number of rotatable bonds is 2. The van der Waals surface area contributed by atoms with Crippen molar-refractivity contribution >= 4 is 0 Å². The summed E-state index contributed by atoms with van der Waals surface area (Å²) in [5, 5.41) is 8.48. The highest BCUT2D eigenvalue weighted by molar-refractivity contribution is 4.98. The highest BCUT2D eigenvalue weighted by atomic mass is 16.5. The first-order chi connectivity index (χ1) is 7.43. The minimum atomic E-state index is 0.637. The quantitative estimate of drug-likeness (QED) is 0.738. The zero-order chi connectivity index (χ0) is 10.1. The molecule has 1 saturated carbocycles. The Labute approximate surface area is 89.6 Å². The molecule has 1 aliphatic heterocycles. The Bertz CT molecular complexity index is 342. The van der Waals surface area contributed by atoms with Crippen LogP contribution in [-0.4, -0.2) is 21.4 Å². The second-order valence-corrected chi connectivity index (χ2v) is 4.59. The van der Waals surface area contributed by atoms with Crippen LogP contribution in [-0.2, 0) is 24.3 Å². The van der Waals surface area contributed by atoms with Crippen molar-refractivity contribution in [2.75, 3.05) is 6.61 Å². The number of fused-ring (bicyclic) bond motifs is 1. The molecule has 1 aromatic rings. The van der Waals surface area contributed by atoms with Crippen molar-refractivity contribution in [3.05, 3.63) is 11.6 Å². The Morgan fingerprint density at radius 3 is 3.00 bits per heavy atom. The first-order valence-corrected chi connectivity index (χ1v) is 5.92. The average molecular weight is 207 g/mol. The van der Waals surface area contributed by atoms with Gasteiger partial charge in [0, 0.05) is 13.0 Å². The lowest BCUT2D eigenvalue weighted by atomic mass is 10.0. The molecule has 82 valence electrons. The summed E-state index contributed by atoms with van der Waals surface area (Å²) in [6, 6.07) is 0. The van der Waals surface area contributed by atoms with E-state index < -0.39 is 0 Å². The molecule has 3 rings (SSSR count). The van der Waals surface area contributed by atoms with Crippen molar-refractivity contribution in [2.24, 2.45) is 5.92 Å². The number of ether oxygens (including phenoxy) is 1. The maximum atomic E-state index is 5.36. The van der Waals surface area contributed by atoms with Crippen LogP contribution < -0.4 is 0 Å². The summed E-state index contributed by atoms with van der Waals surface area (Å²) >= 11 is 0. The lowest BCUT2D eigenvalue weighted by Crippen LogP contribution is -2.19. The van der Waals surface area contributed by atoms with Gasteiger partial charge in [-0.15, -0.1) is 10.2 Å². The third-order valence-corrected chi connectivity index (χ3v) is 3.54. The third-order valence-electron chi connectivity index (χ3n) is 3.54. The van der Waals surface area contributed by atoms with Crippen molar-refractivity contribution in [1.29, 1.82) is 0 Å². The van der Waals surface area contributed by atoms with Crippen LogP contribution in [0.2, 0.25) is 0 Å². The summed E-state index contributed by atoms with van der Waals surface area (Å²) in [6.45, 7) is 2.38. The number of aromatic nitrogens is 3. The minimum absolute atomic E-state index is 0.637. The molecular formula is C11H17N3O. The van der Waals surface area contributed by atoms with Crippen LogP contribution in [0.25, 0.3) is 0 Å². The fourth-order valence-electron chi connectivity index (χ4n) is 2.68. The lowest BCUT2D eigenvalue weighted by Gasteiger charge is -2.16. The van der Waals surface area contributed by atoms with E-state index >= 15 is 0 Å². The van der Waals surface area contributed by atoms with Gasteiger partial charge >= 0.3 is 0 Å². The summed E-state index contributed by atoms with van der Waals surface area (Å²) in [5.41, 5.74) is 0. The molecule has 0 amide bonds. The van der Waals surface area contributed by atoms with Gasteiger partial charge in [0.25, 0.3) is 0 Å². The van der Waals surface area contributed by atoms with Crippen LogP contribution in [0, 0.1) is 5.92 Å². The molecule has 0 radical (unpaired) electrons. The fourth-order valence-corrected chi connectivity index (χ4v) is 2.68. The second-order valence-electron chi connectivity index (χ2n) is 4.59. The molecule has 4 nitrogen and oxygen atoms in total. The van der Waals surface area contributed by atoms with Crippen molar-refractivity contribution in [3.63, 3.8) is 0 Å². The molecule has 2 aliphatic rings. The van der Waals surface area contributed by atoms with E-state index in [4.69, 9.17) is 4.74 Å². The summed E-state index contributed by atoms with van der Waals surface area (Å²) in [4.78, 5) is 0. The molecule has 1 fully saturated rings. The number of hydrogen-bond donors (Lipinski definition) is 0. The topological polar surface area (TPSA) is 39.9 Å². The van der Waals surface area contributed by atoms with E-state index in [-0.39, 0.29) is 0 Å². The monoisotopic (exact) mass is 207 g/mol. The minimum Gasteiger partial charge on any atom is -0.372 e. The van der Waals surface area contributed by atoms with E-state index in [0.29, 0.717) is 6.61 Å². The second kappa shape index (κ2) is 3.93. The molecule has 0 aromatic carbocycles. The molecular weight excluding hydrogens is 190 g/mol. The van der Waals surface area contributed by atoms with E-state index in [2.05, 4.69) is 14.8 Å². The summed E-state index contributed by atoms with van der Waals surface area (Å²) in [6.07, 6.45) is 6.66. The third kappa shape index (κ3) is 1.78. The molecule has 1 aromatic heterocycles. The predicted octanol–water partition coefficient (Wildman–Crippen LogP) is 1.54. The highest BCUT2D eigenvalue weighted by Crippen LogP contribution is 2.27. The van der Waals surface area contributed by atoms with Gasteiger partial charge in [-0.3, -0.25) is 0 Å². The molecule has 15 heavy (non-hydrogen) atoms. The van der Waals surface area contributed by atoms with Crippen LogP contribution in [0.15, 0.2) is 0 Å². The van der Waals surface area contributed by atoms with E-state index in [1.54, 1.807) is 0 Å². The van der Waals surface area contributed by atoms with Crippen LogP contribution in [0.5, 0.6) is 0 Å². The van der Waals surface area contributed by atoms with E-state index in [9.17, 15) is 0 Å². The van der Waals surface area contributed by atoms with Crippen LogP contribution in [0.4, 0.5) is 0 Å².